The van der Waals surface area contributed by atoms with Gasteiger partial charge in [0.15, 0.2) is 11.5 Å². The van der Waals surface area contributed by atoms with Crippen molar-refractivity contribution in [1.82, 2.24) is 0 Å². The SMILES string of the molecule is CCc1ccccc1NS(=O)(=O)c1cc2c(cc1Br)OCCO2. The van der Waals surface area contributed by atoms with Gasteiger partial charge in [-0.05, 0) is 40.0 Å². The number of anilines is 1. The van der Waals surface area contributed by atoms with Gasteiger partial charge in [-0.25, -0.2) is 8.42 Å². The second-order valence-electron chi connectivity index (χ2n) is 5.04. The zero-order valence-corrected chi connectivity index (χ0v) is 14.9. The van der Waals surface area contributed by atoms with E-state index in [9.17, 15) is 8.42 Å². The molecule has 0 unspecified atom stereocenters. The van der Waals surface area contributed by atoms with E-state index in [0.29, 0.717) is 34.9 Å². The van der Waals surface area contributed by atoms with Crippen molar-refractivity contribution in [2.45, 2.75) is 18.2 Å². The minimum absolute atomic E-state index is 0.118. The Morgan fingerprint density at radius 3 is 2.48 bits per heavy atom. The molecule has 1 aliphatic heterocycles. The summed E-state index contributed by atoms with van der Waals surface area (Å²) in [6.45, 7) is 2.83. The molecule has 0 saturated carbocycles. The Kier molecular flexibility index (Phi) is 4.50. The molecule has 0 fully saturated rings. The average molecular weight is 398 g/mol. The van der Waals surface area contributed by atoms with Crippen molar-refractivity contribution in [2.75, 3.05) is 17.9 Å². The van der Waals surface area contributed by atoms with E-state index in [1.54, 1.807) is 18.2 Å². The summed E-state index contributed by atoms with van der Waals surface area (Å²) >= 11 is 3.31. The van der Waals surface area contributed by atoms with Crippen molar-refractivity contribution in [2.24, 2.45) is 0 Å². The van der Waals surface area contributed by atoms with Crippen molar-refractivity contribution >= 4 is 31.6 Å². The zero-order chi connectivity index (χ0) is 16.4. The molecule has 7 heteroatoms. The van der Waals surface area contributed by atoms with Crippen LogP contribution in [0.4, 0.5) is 5.69 Å². The van der Waals surface area contributed by atoms with Crippen LogP contribution in [0.15, 0.2) is 45.8 Å². The summed E-state index contributed by atoms with van der Waals surface area (Å²) in [5.74, 6) is 0.972. The molecule has 122 valence electrons. The quantitative estimate of drug-likeness (QED) is 0.855. The van der Waals surface area contributed by atoms with Crippen LogP contribution in [0.1, 0.15) is 12.5 Å². The van der Waals surface area contributed by atoms with E-state index in [-0.39, 0.29) is 4.90 Å². The number of para-hydroxylation sites is 1. The summed E-state index contributed by atoms with van der Waals surface area (Å²) in [4.78, 5) is 0.118. The molecule has 0 atom stereocenters. The summed E-state index contributed by atoms with van der Waals surface area (Å²) in [7, 11) is -3.74. The first kappa shape index (κ1) is 16.1. The molecule has 3 rings (SSSR count). The van der Waals surface area contributed by atoms with Gasteiger partial charge in [-0.15, -0.1) is 0 Å². The maximum atomic E-state index is 12.7. The molecule has 0 saturated heterocycles. The molecule has 5 nitrogen and oxygen atoms in total. The van der Waals surface area contributed by atoms with Crippen molar-refractivity contribution < 1.29 is 17.9 Å². The molecular formula is C16H16BrNO4S. The van der Waals surface area contributed by atoms with E-state index in [0.717, 1.165) is 12.0 Å². The minimum Gasteiger partial charge on any atom is -0.486 e. The van der Waals surface area contributed by atoms with Gasteiger partial charge in [0, 0.05) is 10.5 Å². The van der Waals surface area contributed by atoms with Crippen molar-refractivity contribution in [1.29, 1.82) is 0 Å². The highest BCUT2D eigenvalue weighted by molar-refractivity contribution is 9.10. The van der Waals surface area contributed by atoms with Crippen LogP contribution in [-0.2, 0) is 16.4 Å². The molecule has 2 aromatic carbocycles. The molecule has 0 aromatic heterocycles. The molecule has 2 aromatic rings. The minimum atomic E-state index is -3.74. The van der Waals surface area contributed by atoms with Crippen molar-refractivity contribution in [3.05, 3.63) is 46.4 Å². The van der Waals surface area contributed by atoms with Crippen LogP contribution in [0.5, 0.6) is 11.5 Å². The Bertz CT molecular complexity index is 836. The van der Waals surface area contributed by atoms with Crippen LogP contribution in [0.2, 0.25) is 0 Å². The smallest absolute Gasteiger partial charge is 0.263 e. The maximum absolute atomic E-state index is 12.7. The number of ether oxygens (including phenoxy) is 2. The van der Waals surface area contributed by atoms with Crippen LogP contribution in [0.25, 0.3) is 0 Å². The fourth-order valence-corrected chi connectivity index (χ4v) is 4.52. The van der Waals surface area contributed by atoms with Crippen LogP contribution >= 0.6 is 15.9 Å². The fraction of sp³-hybridized carbons (Fsp3) is 0.250. The second kappa shape index (κ2) is 6.41. The Morgan fingerprint density at radius 1 is 1.13 bits per heavy atom. The van der Waals surface area contributed by atoms with Gasteiger partial charge in [-0.3, -0.25) is 4.72 Å². The highest BCUT2D eigenvalue weighted by atomic mass is 79.9. The zero-order valence-electron chi connectivity index (χ0n) is 12.5. The highest BCUT2D eigenvalue weighted by Gasteiger charge is 2.23. The van der Waals surface area contributed by atoms with E-state index in [1.165, 1.54) is 6.07 Å². The first-order valence-corrected chi connectivity index (χ1v) is 9.49. The van der Waals surface area contributed by atoms with Gasteiger partial charge in [0.1, 0.15) is 18.1 Å². The predicted molar refractivity (Wildman–Crippen MR) is 91.8 cm³/mol. The normalized spacial score (nSPS) is 13.7. The average Bonchev–Trinajstić information content (AvgIpc) is 2.54. The Morgan fingerprint density at radius 2 is 1.78 bits per heavy atom. The topological polar surface area (TPSA) is 64.6 Å². The van der Waals surface area contributed by atoms with Gasteiger partial charge in [-0.1, -0.05) is 25.1 Å². The van der Waals surface area contributed by atoms with Gasteiger partial charge in [0.2, 0.25) is 0 Å². The number of nitrogens with one attached hydrogen (secondary N) is 1. The van der Waals surface area contributed by atoms with E-state index in [1.807, 2.05) is 19.1 Å². The lowest BCUT2D eigenvalue weighted by Crippen LogP contribution is -2.18. The van der Waals surface area contributed by atoms with Gasteiger partial charge in [0.25, 0.3) is 10.0 Å². The summed E-state index contributed by atoms with van der Waals surface area (Å²) in [6, 6.07) is 10.4. The third-order valence-electron chi connectivity index (χ3n) is 3.53. The van der Waals surface area contributed by atoms with Crippen LogP contribution < -0.4 is 14.2 Å². The van der Waals surface area contributed by atoms with Crippen LogP contribution in [0, 0.1) is 0 Å². The van der Waals surface area contributed by atoms with Gasteiger partial charge in [0.05, 0.1) is 5.69 Å². The number of fused-ring (bicyclic) bond motifs is 1. The second-order valence-corrected chi connectivity index (χ2v) is 7.55. The number of aryl methyl sites for hydroxylation is 1. The molecule has 0 radical (unpaired) electrons. The lowest BCUT2D eigenvalue weighted by Gasteiger charge is -2.20. The largest absolute Gasteiger partial charge is 0.486 e. The van der Waals surface area contributed by atoms with Gasteiger partial charge >= 0.3 is 0 Å². The molecular weight excluding hydrogens is 382 g/mol. The molecule has 0 spiro atoms. The first-order valence-electron chi connectivity index (χ1n) is 7.21. The number of rotatable bonds is 4. The monoisotopic (exact) mass is 397 g/mol. The van der Waals surface area contributed by atoms with Gasteiger partial charge < -0.3 is 9.47 Å². The Labute approximate surface area is 143 Å². The lowest BCUT2D eigenvalue weighted by molar-refractivity contribution is 0.171. The molecule has 1 heterocycles. The summed E-state index contributed by atoms with van der Waals surface area (Å²) < 4.78 is 39.5. The van der Waals surface area contributed by atoms with Crippen molar-refractivity contribution in [3.8, 4) is 11.5 Å². The summed E-state index contributed by atoms with van der Waals surface area (Å²) in [5, 5.41) is 0. The number of halogens is 1. The first-order chi connectivity index (χ1) is 11.0. The Hall–Kier alpha value is -1.73. The van der Waals surface area contributed by atoms with E-state index in [2.05, 4.69) is 20.7 Å². The fourth-order valence-electron chi connectivity index (χ4n) is 2.38. The van der Waals surface area contributed by atoms with Crippen molar-refractivity contribution in [3.63, 3.8) is 0 Å². The Balaban J connectivity index is 2.00. The molecule has 0 aliphatic carbocycles. The van der Waals surface area contributed by atoms with Crippen LogP contribution in [0.3, 0.4) is 0 Å². The lowest BCUT2D eigenvalue weighted by atomic mass is 10.1. The predicted octanol–water partition coefficient (Wildman–Crippen LogP) is 3.58. The number of benzene rings is 2. The maximum Gasteiger partial charge on any atom is 0.263 e. The van der Waals surface area contributed by atoms with Gasteiger partial charge in [-0.2, -0.15) is 0 Å². The van der Waals surface area contributed by atoms with E-state index >= 15 is 0 Å². The van der Waals surface area contributed by atoms with Crippen LogP contribution in [-0.4, -0.2) is 21.6 Å². The molecule has 0 bridgehead atoms. The van der Waals surface area contributed by atoms with E-state index in [4.69, 9.17) is 9.47 Å². The number of sulfonamides is 1. The van der Waals surface area contributed by atoms with E-state index < -0.39 is 10.0 Å². The summed E-state index contributed by atoms with van der Waals surface area (Å²) in [5.41, 5.74) is 1.52. The molecule has 1 N–H and O–H groups in total. The number of hydrogen-bond donors (Lipinski definition) is 1. The third-order valence-corrected chi connectivity index (χ3v) is 5.85. The number of hydrogen-bond acceptors (Lipinski definition) is 4. The summed E-state index contributed by atoms with van der Waals surface area (Å²) in [6.07, 6.45) is 0.737. The molecule has 23 heavy (non-hydrogen) atoms. The third kappa shape index (κ3) is 3.30. The molecule has 0 amide bonds. The highest BCUT2D eigenvalue weighted by Crippen LogP contribution is 2.38. The standard InChI is InChI=1S/C16H16BrNO4S/c1-2-11-5-3-4-6-13(11)18-23(19,20)16-10-15-14(9-12(16)17)21-7-8-22-15/h3-6,9-10,18H,2,7-8H2,1H3. The molecule has 1 aliphatic rings.